The molecule has 5 heteroatoms. The van der Waals surface area contributed by atoms with Crippen molar-refractivity contribution in [2.24, 2.45) is 0 Å². The Morgan fingerprint density at radius 1 is 1.37 bits per heavy atom. The maximum Gasteiger partial charge on any atom is 0.0536 e. The maximum absolute atomic E-state index is 4.35. The van der Waals surface area contributed by atoms with Gasteiger partial charge in [-0.15, -0.1) is 12.4 Å². The van der Waals surface area contributed by atoms with E-state index in [0.717, 1.165) is 31.2 Å². The molecule has 1 aromatic heterocycles. The number of rotatable bonds is 4. The van der Waals surface area contributed by atoms with Crippen LogP contribution in [0.15, 0.2) is 12.4 Å². The molecule has 2 aliphatic heterocycles. The van der Waals surface area contributed by atoms with Gasteiger partial charge >= 0.3 is 0 Å². The highest BCUT2D eigenvalue weighted by Gasteiger charge is 2.34. The number of halogens is 1. The lowest BCUT2D eigenvalue weighted by molar-refractivity contribution is 0.166. The number of aryl methyl sites for hydroxylation is 1. The van der Waals surface area contributed by atoms with Gasteiger partial charge < -0.3 is 10.2 Å². The highest BCUT2D eigenvalue weighted by atomic mass is 35.5. The summed E-state index contributed by atoms with van der Waals surface area (Å²) in [5.41, 5.74) is 1.25. The number of nitrogens with one attached hydrogen (secondary N) is 1. The molecule has 1 aromatic rings. The predicted octanol–water partition coefficient (Wildman–Crippen LogP) is 1.83. The van der Waals surface area contributed by atoms with E-state index in [9.17, 15) is 0 Å². The fourth-order valence-corrected chi connectivity index (χ4v) is 3.42. The Morgan fingerprint density at radius 3 is 2.63 bits per heavy atom. The van der Waals surface area contributed by atoms with E-state index >= 15 is 0 Å². The van der Waals surface area contributed by atoms with Gasteiger partial charge in [-0.1, -0.05) is 0 Å². The highest BCUT2D eigenvalue weighted by molar-refractivity contribution is 5.85. The van der Waals surface area contributed by atoms with Crippen LogP contribution < -0.4 is 5.32 Å². The number of hydrogen-bond donors (Lipinski definition) is 1. The first-order chi connectivity index (χ1) is 8.70. The number of hydrogen-bond acceptors (Lipinski definition) is 3. The van der Waals surface area contributed by atoms with Crippen molar-refractivity contribution in [3.63, 3.8) is 0 Å². The Hall–Kier alpha value is -0.580. The second-order valence-electron chi connectivity index (χ2n) is 6.02. The van der Waals surface area contributed by atoms with E-state index < -0.39 is 0 Å². The molecule has 2 aliphatic rings. The molecule has 2 unspecified atom stereocenters. The monoisotopic (exact) mass is 284 g/mol. The zero-order valence-electron chi connectivity index (χ0n) is 11.9. The van der Waals surface area contributed by atoms with Crippen LogP contribution in [-0.4, -0.2) is 46.4 Å². The fourth-order valence-electron chi connectivity index (χ4n) is 3.42. The Labute approximate surface area is 122 Å². The number of likely N-dealkylation sites (N-methyl/N-ethyl adjacent to an activating group) is 1. The van der Waals surface area contributed by atoms with Crippen LogP contribution in [0.2, 0.25) is 0 Å². The number of aromatic nitrogens is 2. The molecule has 2 bridgehead atoms. The molecule has 4 nitrogen and oxygen atoms in total. The fraction of sp³-hybridized carbons (Fsp3) is 0.786. The molecule has 2 fully saturated rings. The van der Waals surface area contributed by atoms with Crippen LogP contribution in [0.25, 0.3) is 0 Å². The van der Waals surface area contributed by atoms with Gasteiger partial charge in [0.25, 0.3) is 0 Å². The van der Waals surface area contributed by atoms with E-state index in [0.29, 0.717) is 0 Å². The van der Waals surface area contributed by atoms with E-state index in [4.69, 9.17) is 0 Å². The van der Waals surface area contributed by atoms with Crippen molar-refractivity contribution in [2.75, 3.05) is 13.6 Å². The first-order valence-electron chi connectivity index (χ1n) is 7.16. The molecule has 0 aliphatic carbocycles. The molecular weight excluding hydrogens is 260 g/mol. The van der Waals surface area contributed by atoms with Gasteiger partial charge in [-0.05, 0) is 45.2 Å². The maximum atomic E-state index is 4.35. The predicted molar refractivity (Wildman–Crippen MR) is 79.8 cm³/mol. The van der Waals surface area contributed by atoms with Crippen molar-refractivity contribution < 1.29 is 0 Å². The average molecular weight is 285 g/mol. The molecule has 0 radical (unpaired) electrons. The summed E-state index contributed by atoms with van der Waals surface area (Å²) in [6, 6.07) is 2.33. The van der Waals surface area contributed by atoms with Crippen LogP contribution in [0.3, 0.4) is 0 Å². The first-order valence-corrected chi connectivity index (χ1v) is 7.16. The van der Waals surface area contributed by atoms with Gasteiger partial charge in [0.2, 0.25) is 0 Å². The molecular formula is C14H25ClN4. The molecule has 2 saturated heterocycles. The Morgan fingerprint density at radius 2 is 2.05 bits per heavy atom. The van der Waals surface area contributed by atoms with E-state index in [1.165, 1.54) is 31.2 Å². The molecule has 19 heavy (non-hydrogen) atoms. The summed E-state index contributed by atoms with van der Waals surface area (Å²) in [7, 11) is 2.27. The van der Waals surface area contributed by atoms with Gasteiger partial charge in [-0.3, -0.25) is 4.68 Å². The van der Waals surface area contributed by atoms with Crippen molar-refractivity contribution in [3.05, 3.63) is 18.0 Å². The van der Waals surface area contributed by atoms with Crippen LogP contribution in [0, 0.1) is 6.92 Å². The molecule has 108 valence electrons. The molecule has 0 aromatic carbocycles. The summed E-state index contributed by atoms with van der Waals surface area (Å²) >= 11 is 0. The SMILES string of the molecule is Cc1cnn(CCN(C)C2CC3CCC(C2)N3)c1.Cl. The van der Waals surface area contributed by atoms with Crippen LogP contribution in [0.1, 0.15) is 31.2 Å². The van der Waals surface area contributed by atoms with Gasteiger partial charge in [-0.2, -0.15) is 5.10 Å². The largest absolute Gasteiger partial charge is 0.311 e. The quantitative estimate of drug-likeness (QED) is 0.916. The lowest BCUT2D eigenvalue weighted by Crippen LogP contribution is -2.47. The third kappa shape index (κ3) is 3.50. The normalized spacial score (nSPS) is 29.5. The van der Waals surface area contributed by atoms with Gasteiger partial charge in [0, 0.05) is 30.9 Å². The van der Waals surface area contributed by atoms with Gasteiger partial charge in [-0.25, -0.2) is 0 Å². The molecule has 0 saturated carbocycles. The molecule has 3 heterocycles. The van der Waals surface area contributed by atoms with Gasteiger partial charge in [0.05, 0.1) is 12.7 Å². The Balaban J connectivity index is 0.00000133. The second kappa shape index (κ2) is 6.25. The van der Waals surface area contributed by atoms with E-state index in [2.05, 4.69) is 40.2 Å². The zero-order valence-corrected chi connectivity index (χ0v) is 12.7. The number of fused-ring (bicyclic) bond motifs is 2. The van der Waals surface area contributed by atoms with E-state index in [1.807, 2.05) is 6.20 Å². The smallest absolute Gasteiger partial charge is 0.0536 e. The Kier molecular flexibility index (Phi) is 4.87. The highest BCUT2D eigenvalue weighted by Crippen LogP contribution is 2.29. The third-order valence-electron chi connectivity index (χ3n) is 4.52. The molecule has 0 spiro atoms. The lowest BCUT2D eigenvalue weighted by Gasteiger charge is -2.35. The minimum absolute atomic E-state index is 0. The van der Waals surface area contributed by atoms with Gasteiger partial charge in [0.1, 0.15) is 0 Å². The second-order valence-corrected chi connectivity index (χ2v) is 6.02. The third-order valence-corrected chi connectivity index (χ3v) is 4.52. The summed E-state index contributed by atoms with van der Waals surface area (Å²) in [5.74, 6) is 0. The minimum Gasteiger partial charge on any atom is -0.311 e. The molecule has 2 atom stereocenters. The van der Waals surface area contributed by atoms with Crippen molar-refractivity contribution in [3.8, 4) is 0 Å². The standard InChI is InChI=1S/C14H24N4.ClH/c1-11-9-15-18(10-11)6-5-17(2)14-7-12-3-4-13(8-14)16-12;/h9-10,12-14,16H,3-8H2,1-2H3;1H. The van der Waals surface area contributed by atoms with Crippen molar-refractivity contribution in [1.29, 1.82) is 0 Å². The zero-order chi connectivity index (χ0) is 12.5. The van der Waals surface area contributed by atoms with E-state index in [1.54, 1.807) is 0 Å². The van der Waals surface area contributed by atoms with Crippen molar-refractivity contribution in [1.82, 2.24) is 20.0 Å². The summed E-state index contributed by atoms with van der Waals surface area (Å²) in [4.78, 5) is 2.53. The summed E-state index contributed by atoms with van der Waals surface area (Å²) in [5, 5.41) is 8.06. The minimum atomic E-state index is 0. The summed E-state index contributed by atoms with van der Waals surface area (Å²) < 4.78 is 2.06. The topological polar surface area (TPSA) is 33.1 Å². The Bertz CT molecular complexity index is 394. The number of nitrogens with zero attached hydrogens (tertiary/aromatic N) is 3. The molecule has 0 amide bonds. The molecule has 1 N–H and O–H groups in total. The lowest BCUT2D eigenvalue weighted by atomic mass is 9.98. The van der Waals surface area contributed by atoms with Crippen LogP contribution in [0.5, 0.6) is 0 Å². The van der Waals surface area contributed by atoms with Crippen molar-refractivity contribution in [2.45, 2.75) is 57.3 Å². The van der Waals surface area contributed by atoms with Crippen LogP contribution in [0.4, 0.5) is 0 Å². The first kappa shape index (κ1) is 14.8. The average Bonchev–Trinajstić information content (AvgIpc) is 2.92. The number of piperidine rings is 1. The van der Waals surface area contributed by atoms with Crippen LogP contribution in [-0.2, 0) is 6.54 Å². The summed E-state index contributed by atoms with van der Waals surface area (Å²) in [6.45, 7) is 4.20. The molecule has 3 rings (SSSR count). The summed E-state index contributed by atoms with van der Waals surface area (Å²) in [6.07, 6.45) is 9.47. The van der Waals surface area contributed by atoms with Crippen molar-refractivity contribution >= 4 is 12.4 Å². The van der Waals surface area contributed by atoms with Crippen LogP contribution >= 0.6 is 12.4 Å². The van der Waals surface area contributed by atoms with E-state index in [-0.39, 0.29) is 12.4 Å². The van der Waals surface area contributed by atoms with Gasteiger partial charge in [0.15, 0.2) is 0 Å².